The van der Waals surface area contributed by atoms with Crippen molar-refractivity contribution in [3.05, 3.63) is 48.0 Å². The van der Waals surface area contributed by atoms with Gasteiger partial charge in [0.2, 0.25) is 0 Å². The van der Waals surface area contributed by atoms with E-state index < -0.39 is 12.3 Å². The van der Waals surface area contributed by atoms with E-state index in [1.807, 2.05) is 49.4 Å². The van der Waals surface area contributed by atoms with E-state index in [1.54, 1.807) is 0 Å². The van der Waals surface area contributed by atoms with Crippen LogP contribution in [0.25, 0.3) is 21.5 Å². The molecule has 0 aliphatic carbocycles. The lowest BCUT2D eigenvalue weighted by Gasteiger charge is -2.18. The van der Waals surface area contributed by atoms with Crippen molar-refractivity contribution in [2.75, 3.05) is 13.2 Å². The average molecular weight is 495 g/mol. The standard InChI is InChI=1S/C30H38O6/c1-4-7-9-13-20-33-29(31)35-27-23-17-11-12-18-24(23)28(26-22(6-3)16-15-19-25(26)27)36-30(32)34-21-14-10-8-5-2/h11-12,15-19H,4-10,13-14,20-21H2,1-3H3. The molecule has 0 aliphatic heterocycles. The molecule has 3 aromatic rings. The van der Waals surface area contributed by atoms with Crippen molar-refractivity contribution >= 4 is 33.9 Å². The third-order valence-electron chi connectivity index (χ3n) is 6.23. The number of benzene rings is 3. The van der Waals surface area contributed by atoms with Crippen molar-refractivity contribution < 1.29 is 28.5 Å². The molecule has 6 heteroatoms. The van der Waals surface area contributed by atoms with Crippen LogP contribution in [0.4, 0.5) is 9.59 Å². The maximum absolute atomic E-state index is 12.6. The fourth-order valence-electron chi connectivity index (χ4n) is 4.32. The lowest BCUT2D eigenvalue weighted by Crippen LogP contribution is -2.14. The molecule has 0 bridgehead atoms. The summed E-state index contributed by atoms with van der Waals surface area (Å²) in [5.74, 6) is 0.812. The van der Waals surface area contributed by atoms with Crippen molar-refractivity contribution in [3.63, 3.8) is 0 Å². The quantitative estimate of drug-likeness (QED) is 0.102. The highest BCUT2D eigenvalue weighted by Crippen LogP contribution is 2.44. The van der Waals surface area contributed by atoms with Gasteiger partial charge in [0.25, 0.3) is 0 Å². The normalized spacial score (nSPS) is 11.0. The maximum Gasteiger partial charge on any atom is 0.513 e. The van der Waals surface area contributed by atoms with Crippen molar-refractivity contribution in [2.24, 2.45) is 0 Å². The Morgan fingerprint density at radius 1 is 0.611 bits per heavy atom. The molecule has 0 heterocycles. The maximum atomic E-state index is 12.6. The Morgan fingerprint density at radius 3 is 1.69 bits per heavy atom. The molecule has 0 amide bonds. The molecule has 0 saturated carbocycles. The molecule has 0 N–H and O–H groups in total. The first kappa shape index (κ1) is 27.3. The molecule has 0 radical (unpaired) electrons. The first-order valence-corrected chi connectivity index (χ1v) is 13.3. The van der Waals surface area contributed by atoms with Crippen molar-refractivity contribution in [2.45, 2.75) is 78.6 Å². The summed E-state index contributed by atoms with van der Waals surface area (Å²) >= 11 is 0. The van der Waals surface area contributed by atoms with Gasteiger partial charge in [-0.3, -0.25) is 0 Å². The van der Waals surface area contributed by atoms with Crippen molar-refractivity contribution in [1.82, 2.24) is 0 Å². The number of ether oxygens (including phenoxy) is 4. The van der Waals surface area contributed by atoms with Gasteiger partial charge in [-0.25, -0.2) is 9.59 Å². The number of carbonyl (C=O) groups is 2. The summed E-state index contributed by atoms with van der Waals surface area (Å²) in [6.45, 7) is 6.94. The molecule has 3 aromatic carbocycles. The van der Waals surface area contributed by atoms with E-state index in [9.17, 15) is 9.59 Å². The van der Waals surface area contributed by atoms with Crippen LogP contribution in [-0.2, 0) is 15.9 Å². The van der Waals surface area contributed by atoms with Crippen LogP contribution in [0.15, 0.2) is 42.5 Å². The van der Waals surface area contributed by atoms with Crippen LogP contribution in [0.5, 0.6) is 11.5 Å². The van der Waals surface area contributed by atoms with Crippen LogP contribution in [0.3, 0.4) is 0 Å². The average Bonchev–Trinajstić information content (AvgIpc) is 2.89. The molecular formula is C30H38O6. The van der Waals surface area contributed by atoms with Crippen LogP contribution >= 0.6 is 0 Å². The summed E-state index contributed by atoms with van der Waals surface area (Å²) < 4.78 is 22.3. The molecule has 0 spiro atoms. The lowest BCUT2D eigenvalue weighted by atomic mass is 9.96. The third kappa shape index (κ3) is 7.12. The molecular weight excluding hydrogens is 456 g/mol. The van der Waals surface area contributed by atoms with Gasteiger partial charge in [0.15, 0.2) is 5.75 Å². The number of fused-ring (bicyclic) bond motifs is 2. The number of unbranched alkanes of at least 4 members (excludes halogenated alkanes) is 6. The second kappa shape index (κ2) is 14.3. The van der Waals surface area contributed by atoms with E-state index in [0.717, 1.165) is 62.3 Å². The Hall–Kier alpha value is -3.28. The SMILES string of the molecule is CCCCCCOC(=O)Oc1c2ccccc2c(OC(=O)OCCCCCC)c2c(CC)cccc12. The topological polar surface area (TPSA) is 71.1 Å². The second-order valence-corrected chi connectivity index (χ2v) is 8.92. The van der Waals surface area contributed by atoms with Gasteiger partial charge in [0, 0.05) is 21.5 Å². The van der Waals surface area contributed by atoms with E-state index in [1.165, 1.54) is 0 Å². The van der Waals surface area contributed by atoms with Gasteiger partial charge in [-0.1, -0.05) is 102 Å². The van der Waals surface area contributed by atoms with Crippen molar-refractivity contribution in [1.29, 1.82) is 0 Å². The fourth-order valence-corrected chi connectivity index (χ4v) is 4.32. The fraction of sp³-hybridized carbons (Fsp3) is 0.467. The van der Waals surface area contributed by atoms with Gasteiger partial charge in [0.1, 0.15) is 5.75 Å². The number of aryl methyl sites for hydroxylation is 1. The summed E-state index contributed by atoms with van der Waals surface area (Å²) in [4.78, 5) is 25.2. The molecule has 0 fully saturated rings. The third-order valence-corrected chi connectivity index (χ3v) is 6.23. The number of carbonyl (C=O) groups excluding carboxylic acids is 2. The number of hydrogen-bond acceptors (Lipinski definition) is 6. The second-order valence-electron chi connectivity index (χ2n) is 8.92. The van der Waals surface area contributed by atoms with Crippen molar-refractivity contribution in [3.8, 4) is 11.5 Å². The van der Waals surface area contributed by atoms with E-state index >= 15 is 0 Å². The molecule has 6 nitrogen and oxygen atoms in total. The molecule has 36 heavy (non-hydrogen) atoms. The van der Waals surface area contributed by atoms with E-state index in [-0.39, 0.29) is 0 Å². The monoisotopic (exact) mass is 494 g/mol. The van der Waals surface area contributed by atoms with E-state index in [0.29, 0.717) is 47.3 Å². The van der Waals surface area contributed by atoms with Crippen LogP contribution in [0.1, 0.15) is 77.7 Å². The summed E-state index contributed by atoms with van der Waals surface area (Å²) in [5.41, 5.74) is 0.974. The zero-order chi connectivity index (χ0) is 25.8. The molecule has 0 saturated heterocycles. The smallest absolute Gasteiger partial charge is 0.434 e. The predicted octanol–water partition coefficient (Wildman–Crippen LogP) is 8.75. The molecule has 0 atom stereocenters. The Kier molecular flexibility index (Phi) is 10.9. The van der Waals surface area contributed by atoms with Gasteiger partial charge < -0.3 is 18.9 Å². The van der Waals surface area contributed by atoms with Gasteiger partial charge in [-0.15, -0.1) is 0 Å². The first-order valence-electron chi connectivity index (χ1n) is 13.3. The molecule has 0 unspecified atom stereocenters. The molecule has 3 rings (SSSR count). The largest absolute Gasteiger partial charge is 0.513 e. The van der Waals surface area contributed by atoms with Crippen LogP contribution in [-0.4, -0.2) is 25.5 Å². The highest BCUT2D eigenvalue weighted by atomic mass is 16.7. The number of rotatable bonds is 13. The highest BCUT2D eigenvalue weighted by molar-refractivity contribution is 6.13. The number of hydrogen-bond donors (Lipinski definition) is 0. The summed E-state index contributed by atoms with van der Waals surface area (Å²) in [7, 11) is 0. The van der Waals surface area contributed by atoms with Gasteiger partial charge in [-0.05, 0) is 24.8 Å². The Balaban J connectivity index is 1.93. The first-order chi connectivity index (χ1) is 17.6. The van der Waals surface area contributed by atoms with Gasteiger partial charge in [0.05, 0.1) is 13.2 Å². The minimum atomic E-state index is -0.736. The minimum absolute atomic E-state index is 0.320. The lowest BCUT2D eigenvalue weighted by molar-refractivity contribution is 0.0965. The van der Waals surface area contributed by atoms with Gasteiger partial charge in [-0.2, -0.15) is 0 Å². The summed E-state index contributed by atoms with van der Waals surface area (Å²) in [6.07, 6.45) is 7.31. The zero-order valence-corrected chi connectivity index (χ0v) is 21.8. The van der Waals surface area contributed by atoms with E-state index in [4.69, 9.17) is 18.9 Å². The Labute approximate surface area is 213 Å². The molecule has 194 valence electrons. The van der Waals surface area contributed by atoms with Crippen LogP contribution in [0.2, 0.25) is 0 Å². The van der Waals surface area contributed by atoms with Gasteiger partial charge >= 0.3 is 12.3 Å². The summed E-state index contributed by atoms with van der Waals surface area (Å²) in [5, 5.41) is 2.74. The Morgan fingerprint density at radius 2 is 1.14 bits per heavy atom. The molecule has 0 aliphatic rings. The minimum Gasteiger partial charge on any atom is -0.434 e. The van der Waals surface area contributed by atoms with E-state index in [2.05, 4.69) is 13.8 Å². The zero-order valence-electron chi connectivity index (χ0n) is 21.8. The summed E-state index contributed by atoms with van der Waals surface area (Å²) in [6, 6.07) is 13.2. The molecule has 0 aromatic heterocycles. The predicted molar refractivity (Wildman–Crippen MR) is 143 cm³/mol. The Bertz CT molecular complexity index is 1150. The van der Waals surface area contributed by atoms with Crippen LogP contribution < -0.4 is 9.47 Å². The van der Waals surface area contributed by atoms with Crippen LogP contribution in [0, 0.1) is 0 Å². The highest BCUT2D eigenvalue weighted by Gasteiger charge is 2.22.